The molecular weight excluding hydrogens is 304 g/mol. The predicted molar refractivity (Wildman–Crippen MR) is 93.3 cm³/mol. The monoisotopic (exact) mass is 328 g/mol. The van der Waals surface area contributed by atoms with E-state index in [2.05, 4.69) is 20.8 Å². The fourth-order valence-corrected chi connectivity index (χ4v) is 2.96. The lowest BCUT2D eigenvalue weighted by molar-refractivity contribution is -0.116. The number of ether oxygens (including phenoxy) is 1. The van der Waals surface area contributed by atoms with Gasteiger partial charge in [0.15, 0.2) is 5.82 Å². The van der Waals surface area contributed by atoms with E-state index in [1.807, 2.05) is 32.0 Å². The number of aromatic nitrogens is 2. The number of para-hydroxylation sites is 1. The van der Waals surface area contributed by atoms with Crippen LogP contribution in [0.25, 0.3) is 0 Å². The van der Waals surface area contributed by atoms with Crippen molar-refractivity contribution in [2.75, 3.05) is 18.5 Å². The van der Waals surface area contributed by atoms with Crippen LogP contribution in [0.3, 0.4) is 0 Å². The molecule has 3 rings (SSSR count). The quantitative estimate of drug-likeness (QED) is 0.712. The minimum atomic E-state index is -0.0278. The number of hydrogen-bond donors (Lipinski definition) is 3. The highest BCUT2D eigenvalue weighted by molar-refractivity contribution is 5.90. The van der Waals surface area contributed by atoms with Crippen LogP contribution in [0.15, 0.2) is 18.2 Å². The zero-order valence-electron chi connectivity index (χ0n) is 14.2. The number of hydrogen-bond acceptors (Lipinski definition) is 4. The maximum absolute atomic E-state index is 12.1. The molecular formula is C18H24N4O2. The average Bonchev–Trinajstić information content (AvgIpc) is 2.97. The van der Waals surface area contributed by atoms with Crippen LogP contribution in [-0.2, 0) is 17.8 Å². The van der Waals surface area contributed by atoms with Gasteiger partial charge in [0.25, 0.3) is 0 Å². The van der Waals surface area contributed by atoms with Gasteiger partial charge in [0.05, 0.1) is 6.61 Å². The summed E-state index contributed by atoms with van der Waals surface area (Å²) in [6, 6.07) is 6.08. The van der Waals surface area contributed by atoms with Crippen molar-refractivity contribution in [3.63, 3.8) is 0 Å². The van der Waals surface area contributed by atoms with Crippen molar-refractivity contribution in [3.8, 4) is 5.75 Å². The van der Waals surface area contributed by atoms with Gasteiger partial charge in [0, 0.05) is 37.2 Å². The topological polar surface area (TPSA) is 79.0 Å². The smallest absolute Gasteiger partial charge is 0.225 e. The molecule has 128 valence electrons. The predicted octanol–water partition coefficient (Wildman–Crippen LogP) is 2.47. The highest BCUT2D eigenvalue weighted by Crippen LogP contribution is 2.23. The highest BCUT2D eigenvalue weighted by Gasteiger charge is 2.17. The van der Waals surface area contributed by atoms with Gasteiger partial charge < -0.3 is 15.4 Å². The minimum Gasteiger partial charge on any atom is -0.493 e. The number of H-pyrrole nitrogens is 1. The van der Waals surface area contributed by atoms with Crippen molar-refractivity contribution in [3.05, 3.63) is 40.6 Å². The minimum absolute atomic E-state index is 0.0278. The molecule has 2 aromatic rings. The Morgan fingerprint density at radius 3 is 2.92 bits per heavy atom. The van der Waals surface area contributed by atoms with E-state index in [9.17, 15) is 4.79 Å². The van der Waals surface area contributed by atoms with E-state index in [1.54, 1.807) is 0 Å². The molecule has 0 unspecified atom stereocenters. The molecule has 0 saturated heterocycles. The number of fused-ring (bicyclic) bond motifs is 1. The van der Waals surface area contributed by atoms with Gasteiger partial charge in [-0.1, -0.05) is 18.2 Å². The summed E-state index contributed by atoms with van der Waals surface area (Å²) < 4.78 is 5.83. The number of aryl methyl sites for hydroxylation is 2. The molecule has 0 atom stereocenters. The molecule has 0 fully saturated rings. The number of nitrogens with one attached hydrogen (secondary N) is 3. The van der Waals surface area contributed by atoms with Crippen LogP contribution < -0.4 is 15.4 Å². The Hall–Kier alpha value is -2.34. The molecule has 0 saturated carbocycles. The molecule has 2 heterocycles. The lowest BCUT2D eigenvalue weighted by Crippen LogP contribution is -2.24. The molecule has 0 spiro atoms. The zero-order chi connectivity index (χ0) is 16.9. The number of amides is 1. The Kier molecular flexibility index (Phi) is 5.15. The molecule has 6 nitrogen and oxygen atoms in total. The van der Waals surface area contributed by atoms with E-state index >= 15 is 0 Å². The van der Waals surface area contributed by atoms with E-state index in [4.69, 9.17) is 4.74 Å². The summed E-state index contributed by atoms with van der Waals surface area (Å²) in [5.74, 6) is 1.54. The normalized spacial score (nSPS) is 13.4. The molecule has 0 aliphatic carbocycles. The Labute approximate surface area is 142 Å². The van der Waals surface area contributed by atoms with Crippen LogP contribution in [0.4, 0.5) is 5.82 Å². The molecule has 1 aromatic heterocycles. The molecule has 1 aliphatic rings. The summed E-state index contributed by atoms with van der Waals surface area (Å²) in [4.78, 5) is 12.1. The van der Waals surface area contributed by atoms with Gasteiger partial charge in [-0.2, -0.15) is 5.10 Å². The first-order valence-electron chi connectivity index (χ1n) is 8.41. The van der Waals surface area contributed by atoms with Gasteiger partial charge in [-0.3, -0.25) is 9.89 Å². The first-order chi connectivity index (χ1) is 11.6. The number of anilines is 1. The van der Waals surface area contributed by atoms with Crippen LogP contribution in [0.5, 0.6) is 5.75 Å². The Morgan fingerprint density at radius 2 is 2.12 bits per heavy atom. The van der Waals surface area contributed by atoms with Crippen molar-refractivity contribution in [2.45, 2.75) is 39.7 Å². The molecule has 1 aromatic carbocycles. The maximum Gasteiger partial charge on any atom is 0.225 e. The maximum atomic E-state index is 12.1. The number of benzene rings is 1. The number of carbonyl (C=O) groups is 1. The van der Waals surface area contributed by atoms with E-state index in [1.165, 1.54) is 0 Å². The van der Waals surface area contributed by atoms with Gasteiger partial charge in [0.2, 0.25) is 5.91 Å². The largest absolute Gasteiger partial charge is 0.493 e. The van der Waals surface area contributed by atoms with Crippen molar-refractivity contribution in [1.82, 2.24) is 15.5 Å². The lowest BCUT2D eigenvalue weighted by atomic mass is 10.1. The lowest BCUT2D eigenvalue weighted by Gasteiger charge is -2.13. The van der Waals surface area contributed by atoms with Crippen molar-refractivity contribution in [1.29, 1.82) is 0 Å². The summed E-state index contributed by atoms with van der Waals surface area (Å²) in [5, 5.41) is 13.4. The second-order valence-electron chi connectivity index (χ2n) is 6.18. The fraction of sp³-hybridized carbons (Fsp3) is 0.444. The van der Waals surface area contributed by atoms with Crippen LogP contribution in [0, 0.1) is 13.8 Å². The first-order valence-corrected chi connectivity index (χ1v) is 8.41. The third-order valence-corrected chi connectivity index (χ3v) is 4.27. The van der Waals surface area contributed by atoms with Crippen LogP contribution >= 0.6 is 0 Å². The molecule has 1 aliphatic heterocycles. The Balaban J connectivity index is 1.46. The van der Waals surface area contributed by atoms with Crippen LogP contribution in [0.1, 0.15) is 35.2 Å². The number of nitrogens with zero attached hydrogens (tertiary/aromatic N) is 1. The zero-order valence-corrected chi connectivity index (χ0v) is 14.2. The highest BCUT2D eigenvalue weighted by atomic mass is 16.5. The van der Waals surface area contributed by atoms with E-state index in [0.29, 0.717) is 25.3 Å². The summed E-state index contributed by atoms with van der Waals surface area (Å²) in [7, 11) is 0. The van der Waals surface area contributed by atoms with Crippen LogP contribution in [-0.4, -0.2) is 29.3 Å². The van der Waals surface area contributed by atoms with Crippen LogP contribution in [0.2, 0.25) is 0 Å². The standard InChI is InChI=1S/C18H24N4O2/c1-12-5-3-6-13(2)17(12)24-10-4-7-16(23)20-18-14-11-19-9-8-15(14)21-22-18/h3,5-6,19H,4,7-11H2,1-2H3,(H2,20,21,22,23). The van der Waals surface area contributed by atoms with E-state index < -0.39 is 0 Å². The number of carbonyl (C=O) groups excluding carboxylic acids is 1. The molecule has 1 amide bonds. The third-order valence-electron chi connectivity index (χ3n) is 4.27. The fourth-order valence-electron chi connectivity index (χ4n) is 2.96. The molecule has 0 radical (unpaired) electrons. The van der Waals surface area contributed by atoms with Gasteiger partial charge in [-0.15, -0.1) is 0 Å². The van der Waals surface area contributed by atoms with Gasteiger partial charge in [-0.25, -0.2) is 0 Å². The molecule has 6 heteroatoms. The van der Waals surface area contributed by atoms with Crippen molar-refractivity contribution < 1.29 is 9.53 Å². The second-order valence-corrected chi connectivity index (χ2v) is 6.18. The number of rotatable bonds is 6. The molecule has 24 heavy (non-hydrogen) atoms. The van der Waals surface area contributed by atoms with Gasteiger partial charge in [0.1, 0.15) is 5.75 Å². The first kappa shape index (κ1) is 16.5. The third kappa shape index (κ3) is 3.76. The van der Waals surface area contributed by atoms with E-state index in [-0.39, 0.29) is 5.91 Å². The van der Waals surface area contributed by atoms with E-state index in [0.717, 1.165) is 47.6 Å². The van der Waals surface area contributed by atoms with Crippen molar-refractivity contribution >= 4 is 11.7 Å². The molecule has 3 N–H and O–H groups in total. The van der Waals surface area contributed by atoms with Gasteiger partial charge >= 0.3 is 0 Å². The average molecular weight is 328 g/mol. The summed E-state index contributed by atoms with van der Waals surface area (Å²) >= 11 is 0. The summed E-state index contributed by atoms with van der Waals surface area (Å²) in [6.45, 7) is 6.28. The number of aromatic amines is 1. The second kappa shape index (κ2) is 7.49. The summed E-state index contributed by atoms with van der Waals surface area (Å²) in [5.41, 5.74) is 4.43. The Morgan fingerprint density at radius 1 is 1.33 bits per heavy atom. The SMILES string of the molecule is Cc1cccc(C)c1OCCCC(=O)Nc1n[nH]c2c1CNCC2. The van der Waals surface area contributed by atoms with Crippen molar-refractivity contribution in [2.24, 2.45) is 0 Å². The summed E-state index contributed by atoms with van der Waals surface area (Å²) in [6.07, 6.45) is 2.01. The molecule has 0 bridgehead atoms. The Bertz CT molecular complexity index is 704. The van der Waals surface area contributed by atoms with Gasteiger partial charge in [-0.05, 0) is 31.4 Å².